The normalized spacial score (nSPS) is 10.5. The lowest BCUT2D eigenvalue weighted by Crippen LogP contribution is -2.04. The maximum absolute atomic E-state index is 12.6. The summed E-state index contributed by atoms with van der Waals surface area (Å²) < 4.78 is 37.8. The second-order valence-corrected chi connectivity index (χ2v) is 5.68. The molecule has 0 bridgehead atoms. The number of aliphatic hydroxyl groups is 1. The van der Waals surface area contributed by atoms with Crippen molar-refractivity contribution in [2.75, 3.05) is 0 Å². The van der Waals surface area contributed by atoms with E-state index in [1.807, 2.05) is 0 Å². The molecule has 2 rings (SSSR count). The highest BCUT2D eigenvalue weighted by atomic mass is 35.5. The van der Waals surface area contributed by atoms with E-state index < -0.39 is 11.7 Å². The second kappa shape index (κ2) is 8.74. The monoisotopic (exact) mass is 362 g/mol. The Labute approximate surface area is 139 Å². The van der Waals surface area contributed by atoms with E-state index in [0.717, 1.165) is 12.1 Å². The van der Waals surface area contributed by atoms with Gasteiger partial charge in [0.05, 0.1) is 12.2 Å². The molecule has 8 heteroatoms. The average molecular weight is 363 g/mol. The van der Waals surface area contributed by atoms with Crippen LogP contribution in [-0.4, -0.2) is 11.3 Å². The van der Waals surface area contributed by atoms with Crippen LogP contribution < -0.4 is 0 Å². The zero-order valence-electron chi connectivity index (χ0n) is 11.4. The first kappa shape index (κ1) is 19.3. The van der Waals surface area contributed by atoms with Gasteiger partial charge < -0.3 is 5.11 Å². The van der Waals surface area contributed by atoms with Gasteiger partial charge in [-0.15, -0.1) is 0 Å². The summed E-state index contributed by atoms with van der Waals surface area (Å²) in [5.74, 6) is 0. The average Bonchev–Trinajstić information content (AvgIpc) is 2.48. The molecule has 0 fully saturated rings. The van der Waals surface area contributed by atoms with Gasteiger partial charge in [-0.1, -0.05) is 35.5 Å². The van der Waals surface area contributed by atoms with Crippen LogP contribution >= 0.6 is 23.4 Å². The van der Waals surface area contributed by atoms with Crippen LogP contribution in [0.5, 0.6) is 0 Å². The zero-order chi connectivity index (χ0) is 17.5. The van der Waals surface area contributed by atoms with Gasteiger partial charge in [0.2, 0.25) is 0 Å². The molecule has 0 spiro atoms. The highest BCUT2D eigenvalue weighted by Gasteiger charge is 2.30. The lowest BCUT2D eigenvalue weighted by Gasteiger charge is -2.09. The summed E-state index contributed by atoms with van der Waals surface area (Å²) in [5.41, 5.74) is -0.0966. The van der Waals surface area contributed by atoms with Crippen LogP contribution in [0.15, 0.2) is 52.3 Å². The second-order valence-electron chi connectivity index (χ2n) is 4.12. The summed E-state index contributed by atoms with van der Waals surface area (Å²) in [5, 5.41) is 9.40. The van der Waals surface area contributed by atoms with Gasteiger partial charge in [-0.05, 0) is 35.9 Å². The van der Waals surface area contributed by atoms with E-state index in [2.05, 4.69) is 0 Å². The Kier molecular flexibility index (Phi) is 7.32. The zero-order valence-corrected chi connectivity index (χ0v) is 13.0. The van der Waals surface area contributed by atoms with Crippen LogP contribution in [0, 0.1) is 0 Å². The quantitative estimate of drug-likeness (QED) is 0.878. The molecule has 0 radical (unpaired) electrons. The third-order valence-electron chi connectivity index (χ3n) is 2.59. The summed E-state index contributed by atoms with van der Waals surface area (Å²) in [4.78, 5) is 17.4. The van der Waals surface area contributed by atoms with Crippen molar-refractivity contribution >= 4 is 29.5 Å². The molecule has 0 heterocycles. The number of carbonyl (C=O) groups excluding carboxylic acids is 2. The third kappa shape index (κ3) is 6.08. The molecule has 122 valence electrons. The number of rotatable bonds is 3. The topological polar surface area (TPSA) is 54.4 Å². The Bertz CT molecular complexity index is 699. The fourth-order valence-corrected chi connectivity index (χ4v) is 2.81. The molecular weight excluding hydrogens is 353 g/mol. The van der Waals surface area contributed by atoms with Crippen LogP contribution in [0.25, 0.3) is 0 Å². The Balaban J connectivity index is 0.000000816. The number of hydrogen-bond acceptors (Lipinski definition) is 4. The van der Waals surface area contributed by atoms with Crippen LogP contribution in [0.3, 0.4) is 0 Å². The number of alkyl halides is 3. The molecule has 1 N–H and O–H groups in total. The van der Waals surface area contributed by atoms with Crippen molar-refractivity contribution in [2.24, 2.45) is 0 Å². The van der Waals surface area contributed by atoms with E-state index in [1.54, 1.807) is 24.3 Å². The van der Waals surface area contributed by atoms with Crippen LogP contribution in [0.4, 0.5) is 13.2 Å². The van der Waals surface area contributed by atoms with Gasteiger partial charge in [0.15, 0.2) is 0 Å². The third-order valence-corrected chi connectivity index (χ3v) is 3.92. The Hall–Kier alpha value is -1.79. The van der Waals surface area contributed by atoms with E-state index in [0.29, 0.717) is 20.4 Å². The standard InChI is InChI=1S/C14H10ClF3OS.CO2/c15-13-7-12(5-4-9(13)8-19)20-11-3-1-2-10(6-11)14(16,17)18;2-1-3/h1-7,19H,8H2;. The Morgan fingerprint density at radius 3 is 2.22 bits per heavy atom. The van der Waals surface area contributed by atoms with Crippen LogP contribution in [-0.2, 0) is 22.4 Å². The van der Waals surface area contributed by atoms with E-state index in [9.17, 15) is 13.2 Å². The van der Waals surface area contributed by atoms with Crippen molar-refractivity contribution in [1.29, 1.82) is 0 Å². The maximum atomic E-state index is 12.6. The van der Waals surface area contributed by atoms with Crippen LogP contribution in [0.2, 0.25) is 5.02 Å². The molecule has 0 saturated heterocycles. The van der Waals surface area contributed by atoms with E-state index in [1.165, 1.54) is 17.8 Å². The van der Waals surface area contributed by atoms with Crippen molar-refractivity contribution in [2.45, 2.75) is 22.6 Å². The molecular formula is C15H10ClF3O3S. The maximum Gasteiger partial charge on any atom is 0.416 e. The molecule has 2 aromatic rings. The SMILES string of the molecule is O=C=O.OCc1ccc(Sc2cccc(C(F)(F)F)c2)cc1Cl. The molecule has 3 nitrogen and oxygen atoms in total. The first-order valence-electron chi connectivity index (χ1n) is 6.05. The highest BCUT2D eigenvalue weighted by Crippen LogP contribution is 2.35. The van der Waals surface area contributed by atoms with E-state index in [4.69, 9.17) is 26.3 Å². The fraction of sp³-hybridized carbons (Fsp3) is 0.133. The molecule has 0 aliphatic rings. The minimum Gasteiger partial charge on any atom is -0.392 e. The molecule has 0 aliphatic heterocycles. The Morgan fingerprint density at radius 2 is 1.70 bits per heavy atom. The highest BCUT2D eigenvalue weighted by molar-refractivity contribution is 7.99. The predicted molar refractivity (Wildman–Crippen MR) is 77.9 cm³/mol. The number of aliphatic hydroxyl groups excluding tert-OH is 1. The first-order valence-corrected chi connectivity index (χ1v) is 7.25. The van der Waals surface area contributed by atoms with Gasteiger partial charge in [0.25, 0.3) is 0 Å². The Morgan fingerprint density at radius 1 is 1.09 bits per heavy atom. The summed E-state index contributed by atoms with van der Waals surface area (Å²) >= 11 is 7.13. The molecule has 2 aromatic carbocycles. The molecule has 0 saturated carbocycles. The molecule has 0 unspecified atom stereocenters. The van der Waals surface area contributed by atoms with Gasteiger partial charge in [-0.3, -0.25) is 0 Å². The van der Waals surface area contributed by atoms with E-state index in [-0.39, 0.29) is 12.8 Å². The van der Waals surface area contributed by atoms with Crippen molar-refractivity contribution in [3.8, 4) is 0 Å². The summed E-state index contributed by atoms with van der Waals surface area (Å²) in [6, 6.07) is 10.1. The number of hydrogen-bond donors (Lipinski definition) is 1. The van der Waals surface area contributed by atoms with Gasteiger partial charge in [-0.2, -0.15) is 22.8 Å². The first-order chi connectivity index (χ1) is 10.8. The summed E-state index contributed by atoms with van der Waals surface area (Å²) in [6.07, 6.45) is -4.10. The molecule has 0 aliphatic carbocycles. The number of benzene rings is 2. The van der Waals surface area contributed by atoms with Crippen LogP contribution in [0.1, 0.15) is 11.1 Å². The van der Waals surface area contributed by atoms with Crippen molar-refractivity contribution in [1.82, 2.24) is 0 Å². The number of halogens is 4. The molecule has 0 atom stereocenters. The largest absolute Gasteiger partial charge is 0.416 e. The van der Waals surface area contributed by atoms with Gasteiger partial charge in [-0.25, -0.2) is 0 Å². The van der Waals surface area contributed by atoms with Gasteiger partial charge in [0.1, 0.15) is 0 Å². The van der Waals surface area contributed by atoms with Crippen molar-refractivity contribution < 1.29 is 27.9 Å². The van der Waals surface area contributed by atoms with Gasteiger partial charge in [0, 0.05) is 14.8 Å². The van der Waals surface area contributed by atoms with Crippen molar-refractivity contribution in [3.05, 3.63) is 58.6 Å². The minimum atomic E-state index is -4.35. The molecule has 23 heavy (non-hydrogen) atoms. The lowest BCUT2D eigenvalue weighted by molar-refractivity contribution is -0.191. The van der Waals surface area contributed by atoms with E-state index >= 15 is 0 Å². The minimum absolute atomic E-state index is 0.173. The smallest absolute Gasteiger partial charge is 0.392 e. The van der Waals surface area contributed by atoms with Crippen molar-refractivity contribution in [3.63, 3.8) is 0 Å². The van der Waals surface area contributed by atoms with Gasteiger partial charge >= 0.3 is 12.3 Å². The lowest BCUT2D eigenvalue weighted by atomic mass is 10.2. The molecule has 0 aromatic heterocycles. The molecule has 0 amide bonds. The summed E-state index contributed by atoms with van der Waals surface area (Å²) in [7, 11) is 0. The summed E-state index contributed by atoms with van der Waals surface area (Å²) in [6.45, 7) is -0.173. The fourth-order valence-electron chi connectivity index (χ4n) is 1.59. The predicted octanol–water partition coefficient (Wildman–Crippen LogP) is 4.42.